The third-order valence-electron chi connectivity index (χ3n) is 2.32. The summed E-state index contributed by atoms with van der Waals surface area (Å²) in [7, 11) is 0. The average molecular weight is 248 g/mol. The van der Waals surface area contributed by atoms with E-state index in [-0.39, 0.29) is 0 Å². The molecule has 0 bridgehead atoms. The molecule has 0 saturated carbocycles. The SMILES string of the molecule is CC.CC(C)=Cc1cc(C(C)C)ccc1OC=O. The number of carbonyl (C=O) groups is 1. The van der Waals surface area contributed by atoms with Gasteiger partial charge in [0, 0.05) is 5.56 Å². The Balaban J connectivity index is 0.00000137. The number of rotatable bonds is 4. The summed E-state index contributed by atoms with van der Waals surface area (Å²) in [5.74, 6) is 1.08. The Hall–Kier alpha value is -1.57. The molecule has 0 unspecified atom stereocenters. The second-order valence-electron chi connectivity index (χ2n) is 4.39. The second kappa shape index (κ2) is 8.51. The lowest BCUT2D eigenvalue weighted by atomic mass is 9.99. The van der Waals surface area contributed by atoms with Crippen molar-refractivity contribution < 1.29 is 9.53 Å². The van der Waals surface area contributed by atoms with Gasteiger partial charge in [0.1, 0.15) is 5.75 Å². The Morgan fingerprint density at radius 3 is 2.28 bits per heavy atom. The van der Waals surface area contributed by atoms with Crippen LogP contribution in [0.2, 0.25) is 0 Å². The predicted octanol–water partition coefficient (Wildman–Crippen LogP) is 4.79. The van der Waals surface area contributed by atoms with Gasteiger partial charge < -0.3 is 4.74 Å². The molecule has 0 fully saturated rings. The fourth-order valence-corrected chi connectivity index (χ4v) is 1.51. The van der Waals surface area contributed by atoms with E-state index >= 15 is 0 Å². The van der Waals surface area contributed by atoms with Crippen molar-refractivity contribution in [1.29, 1.82) is 0 Å². The van der Waals surface area contributed by atoms with Crippen molar-refractivity contribution in [2.45, 2.75) is 47.5 Å². The van der Waals surface area contributed by atoms with Gasteiger partial charge in [0.15, 0.2) is 0 Å². The highest BCUT2D eigenvalue weighted by Crippen LogP contribution is 2.26. The van der Waals surface area contributed by atoms with E-state index < -0.39 is 0 Å². The second-order valence-corrected chi connectivity index (χ2v) is 4.39. The first kappa shape index (κ1) is 16.4. The summed E-state index contributed by atoms with van der Waals surface area (Å²) >= 11 is 0. The van der Waals surface area contributed by atoms with Crippen LogP contribution in [0.1, 0.15) is 58.6 Å². The molecule has 18 heavy (non-hydrogen) atoms. The van der Waals surface area contributed by atoms with E-state index in [0.29, 0.717) is 18.1 Å². The highest BCUT2D eigenvalue weighted by Gasteiger charge is 2.05. The molecular formula is C16H24O2. The third-order valence-corrected chi connectivity index (χ3v) is 2.32. The number of ether oxygens (including phenoxy) is 1. The maximum Gasteiger partial charge on any atom is 0.298 e. The maximum atomic E-state index is 10.4. The zero-order chi connectivity index (χ0) is 14.1. The van der Waals surface area contributed by atoms with E-state index in [1.807, 2.05) is 45.9 Å². The minimum absolute atomic E-state index is 0.465. The molecule has 0 N–H and O–H groups in total. The molecule has 2 nitrogen and oxygen atoms in total. The van der Waals surface area contributed by atoms with Gasteiger partial charge in [0.05, 0.1) is 0 Å². The number of benzene rings is 1. The summed E-state index contributed by atoms with van der Waals surface area (Å²) in [6, 6.07) is 5.90. The van der Waals surface area contributed by atoms with Crippen molar-refractivity contribution in [3.05, 3.63) is 34.9 Å². The van der Waals surface area contributed by atoms with E-state index in [0.717, 1.165) is 5.56 Å². The van der Waals surface area contributed by atoms with Gasteiger partial charge in [-0.2, -0.15) is 0 Å². The van der Waals surface area contributed by atoms with Gasteiger partial charge in [-0.25, -0.2) is 0 Å². The summed E-state index contributed by atoms with van der Waals surface area (Å²) < 4.78 is 4.95. The highest BCUT2D eigenvalue weighted by molar-refractivity contribution is 5.63. The highest BCUT2D eigenvalue weighted by atomic mass is 16.5. The van der Waals surface area contributed by atoms with Crippen LogP contribution in [0.25, 0.3) is 6.08 Å². The largest absolute Gasteiger partial charge is 0.428 e. The van der Waals surface area contributed by atoms with Crippen LogP contribution in [0.3, 0.4) is 0 Å². The van der Waals surface area contributed by atoms with Crippen LogP contribution < -0.4 is 4.74 Å². The molecule has 0 heterocycles. The zero-order valence-electron chi connectivity index (χ0n) is 12.3. The first-order chi connectivity index (χ1) is 8.54. The van der Waals surface area contributed by atoms with E-state index in [9.17, 15) is 4.79 Å². The standard InChI is InChI=1S/C14H18O2.C2H6/c1-10(2)7-13-8-12(11(3)4)5-6-14(13)16-9-15;1-2/h5-9,11H,1-4H3;1-2H3. The zero-order valence-corrected chi connectivity index (χ0v) is 12.3. The lowest BCUT2D eigenvalue weighted by Gasteiger charge is -2.10. The van der Waals surface area contributed by atoms with Crippen LogP contribution >= 0.6 is 0 Å². The molecule has 0 saturated heterocycles. The van der Waals surface area contributed by atoms with Crippen molar-refractivity contribution in [3.8, 4) is 5.75 Å². The van der Waals surface area contributed by atoms with Gasteiger partial charge in [0.25, 0.3) is 6.47 Å². The van der Waals surface area contributed by atoms with Crippen molar-refractivity contribution in [3.63, 3.8) is 0 Å². The van der Waals surface area contributed by atoms with Gasteiger partial charge >= 0.3 is 0 Å². The summed E-state index contributed by atoms with van der Waals surface area (Å²) in [5, 5.41) is 0. The van der Waals surface area contributed by atoms with E-state index in [4.69, 9.17) is 4.74 Å². The molecule has 1 rings (SSSR count). The minimum atomic E-state index is 0.465. The third kappa shape index (κ3) is 5.17. The Morgan fingerprint density at radius 1 is 1.22 bits per heavy atom. The molecule has 0 aromatic heterocycles. The fraction of sp³-hybridized carbons (Fsp3) is 0.438. The van der Waals surface area contributed by atoms with Gasteiger partial charge in [-0.1, -0.05) is 45.4 Å². The number of carbonyl (C=O) groups excluding carboxylic acids is 1. The lowest BCUT2D eigenvalue weighted by Crippen LogP contribution is -1.94. The molecule has 2 heteroatoms. The average Bonchev–Trinajstić information content (AvgIpc) is 2.33. The van der Waals surface area contributed by atoms with E-state index in [1.54, 1.807) is 0 Å². The van der Waals surface area contributed by atoms with Crippen LogP contribution in [0, 0.1) is 0 Å². The quantitative estimate of drug-likeness (QED) is 0.716. The van der Waals surface area contributed by atoms with Crippen molar-refractivity contribution >= 4 is 12.5 Å². The van der Waals surface area contributed by atoms with Gasteiger partial charge in [-0.15, -0.1) is 0 Å². The summed E-state index contributed by atoms with van der Waals surface area (Å²) in [6.45, 7) is 12.8. The van der Waals surface area contributed by atoms with Crippen LogP contribution in [-0.4, -0.2) is 6.47 Å². The molecular weight excluding hydrogens is 224 g/mol. The molecule has 0 amide bonds. The van der Waals surface area contributed by atoms with E-state index in [2.05, 4.69) is 19.9 Å². The normalized spacial score (nSPS) is 9.28. The van der Waals surface area contributed by atoms with Crippen molar-refractivity contribution in [1.82, 2.24) is 0 Å². The summed E-state index contributed by atoms with van der Waals surface area (Å²) in [6.07, 6.45) is 2.02. The fourth-order valence-electron chi connectivity index (χ4n) is 1.51. The molecule has 0 aliphatic heterocycles. The van der Waals surface area contributed by atoms with Gasteiger partial charge in [-0.3, -0.25) is 4.79 Å². The van der Waals surface area contributed by atoms with Crippen LogP contribution in [0.5, 0.6) is 5.75 Å². The topological polar surface area (TPSA) is 26.3 Å². The van der Waals surface area contributed by atoms with Gasteiger partial charge in [0.2, 0.25) is 0 Å². The predicted molar refractivity (Wildman–Crippen MR) is 77.9 cm³/mol. The van der Waals surface area contributed by atoms with E-state index in [1.165, 1.54) is 11.1 Å². The van der Waals surface area contributed by atoms with Crippen LogP contribution in [-0.2, 0) is 4.79 Å². The first-order valence-corrected chi connectivity index (χ1v) is 6.43. The molecule has 0 aliphatic carbocycles. The molecule has 1 aromatic carbocycles. The van der Waals surface area contributed by atoms with Gasteiger partial charge in [-0.05, 0) is 37.5 Å². The number of hydrogen-bond donors (Lipinski definition) is 0. The van der Waals surface area contributed by atoms with Crippen LogP contribution in [0.15, 0.2) is 23.8 Å². The molecule has 0 aliphatic rings. The first-order valence-electron chi connectivity index (χ1n) is 6.43. The van der Waals surface area contributed by atoms with Crippen LogP contribution in [0.4, 0.5) is 0 Å². The molecule has 0 spiro atoms. The smallest absolute Gasteiger partial charge is 0.298 e. The Labute approximate surface area is 111 Å². The van der Waals surface area contributed by atoms with Crippen molar-refractivity contribution in [2.24, 2.45) is 0 Å². The maximum absolute atomic E-state index is 10.4. The number of allylic oxidation sites excluding steroid dienone is 1. The number of hydrogen-bond acceptors (Lipinski definition) is 2. The van der Waals surface area contributed by atoms with Crippen molar-refractivity contribution in [2.75, 3.05) is 0 Å². The lowest BCUT2D eigenvalue weighted by molar-refractivity contribution is -0.120. The monoisotopic (exact) mass is 248 g/mol. The Morgan fingerprint density at radius 2 is 1.83 bits per heavy atom. The Bertz CT molecular complexity index is 400. The minimum Gasteiger partial charge on any atom is -0.428 e. The molecule has 0 radical (unpaired) electrons. The summed E-state index contributed by atoms with van der Waals surface area (Å²) in [5.41, 5.74) is 3.38. The Kier molecular flexibility index (Phi) is 7.77. The molecule has 1 aromatic rings. The summed E-state index contributed by atoms with van der Waals surface area (Å²) in [4.78, 5) is 10.4. The molecule has 100 valence electrons. The molecule has 0 atom stereocenters.